The number of fused-ring (bicyclic) bond motifs is 2. The third kappa shape index (κ3) is 6.20. The zero-order valence-electron chi connectivity index (χ0n) is 29.2. The van der Waals surface area contributed by atoms with Crippen molar-refractivity contribution in [2.45, 2.75) is 38.5 Å². The van der Waals surface area contributed by atoms with Crippen LogP contribution < -0.4 is 0 Å². The van der Waals surface area contributed by atoms with Crippen LogP contribution in [0.25, 0.3) is 44.5 Å². The highest BCUT2D eigenvalue weighted by Crippen LogP contribution is 2.42. The molecule has 0 saturated carbocycles. The maximum atomic E-state index is 5.59. The Balaban J connectivity index is 1.22. The zero-order valence-corrected chi connectivity index (χ0v) is 29.2. The Morgan fingerprint density at radius 1 is 0.346 bits per heavy atom. The lowest BCUT2D eigenvalue weighted by atomic mass is 9.87. The van der Waals surface area contributed by atoms with E-state index in [1.165, 1.54) is 11.1 Å². The summed E-state index contributed by atoms with van der Waals surface area (Å²) in [6.07, 6.45) is 5.93. The third-order valence-corrected chi connectivity index (χ3v) is 10.4. The number of hydrogen-bond donors (Lipinski definition) is 0. The van der Waals surface area contributed by atoms with Gasteiger partial charge >= 0.3 is 0 Å². The number of aryl methyl sites for hydroxylation is 2. The molecule has 3 nitrogen and oxygen atoms in total. The molecule has 250 valence electrons. The number of benzene rings is 6. The summed E-state index contributed by atoms with van der Waals surface area (Å²) in [6.45, 7) is 0. The Kier molecular flexibility index (Phi) is 8.68. The quantitative estimate of drug-likeness (QED) is 0.174. The predicted molar refractivity (Wildman–Crippen MR) is 217 cm³/mol. The summed E-state index contributed by atoms with van der Waals surface area (Å²) in [6, 6.07) is 58.0. The Hall–Kier alpha value is -6.19. The van der Waals surface area contributed by atoms with E-state index in [0.717, 1.165) is 117 Å². The van der Waals surface area contributed by atoms with E-state index in [-0.39, 0.29) is 0 Å². The van der Waals surface area contributed by atoms with E-state index in [1.54, 1.807) is 0 Å². The summed E-state index contributed by atoms with van der Waals surface area (Å²) < 4.78 is 0. The van der Waals surface area contributed by atoms with Gasteiger partial charge in [-0.2, -0.15) is 0 Å². The fourth-order valence-electron chi connectivity index (χ4n) is 7.83. The van der Waals surface area contributed by atoms with Gasteiger partial charge in [-0.3, -0.25) is 0 Å². The van der Waals surface area contributed by atoms with Gasteiger partial charge in [0.05, 0.1) is 34.2 Å². The standard InChI is InChI=1S/C49H39N3/c1-5-17-34(18-6-1)40-27-15-28-41(35-19-7-2-8-20-35)48(40)50-44-31-13-25-38-33-39-26-14-32-45(47(39)52-46(38)44)51-49-42(36-21-9-3-10-22-36)29-16-30-43(49)37-23-11-4-12-24-37/h1-12,15-24,27-30,33H,13-14,25-26,31-32H2/b50-44-,51-45+. The van der Waals surface area contributed by atoms with Crippen LogP contribution in [0.15, 0.2) is 174 Å². The van der Waals surface area contributed by atoms with Gasteiger partial charge in [-0.1, -0.05) is 164 Å². The summed E-state index contributed by atoms with van der Waals surface area (Å²) >= 11 is 0. The number of aliphatic imine (C=N–C) groups is 2. The highest BCUT2D eigenvalue weighted by Gasteiger charge is 2.26. The van der Waals surface area contributed by atoms with Crippen molar-refractivity contribution in [2.75, 3.05) is 0 Å². The van der Waals surface area contributed by atoms with E-state index < -0.39 is 0 Å². The van der Waals surface area contributed by atoms with E-state index in [9.17, 15) is 0 Å². The highest BCUT2D eigenvalue weighted by molar-refractivity contribution is 6.08. The van der Waals surface area contributed by atoms with Crippen molar-refractivity contribution in [2.24, 2.45) is 9.98 Å². The monoisotopic (exact) mass is 669 g/mol. The van der Waals surface area contributed by atoms with Crippen molar-refractivity contribution in [3.63, 3.8) is 0 Å². The number of hydrogen-bond acceptors (Lipinski definition) is 3. The number of pyridine rings is 1. The van der Waals surface area contributed by atoms with Gasteiger partial charge in [-0.15, -0.1) is 0 Å². The molecule has 6 aromatic carbocycles. The lowest BCUT2D eigenvalue weighted by molar-refractivity contribution is 0.792. The topological polar surface area (TPSA) is 37.6 Å². The lowest BCUT2D eigenvalue weighted by Crippen LogP contribution is -2.21. The van der Waals surface area contributed by atoms with E-state index >= 15 is 0 Å². The molecule has 52 heavy (non-hydrogen) atoms. The fourth-order valence-corrected chi connectivity index (χ4v) is 7.83. The molecule has 0 radical (unpaired) electrons. The maximum absolute atomic E-state index is 5.59. The molecule has 0 saturated heterocycles. The predicted octanol–water partition coefficient (Wildman–Crippen LogP) is 12.7. The lowest BCUT2D eigenvalue weighted by Gasteiger charge is -2.24. The average molecular weight is 670 g/mol. The Bertz CT molecular complexity index is 2140. The molecular weight excluding hydrogens is 631 g/mol. The van der Waals surface area contributed by atoms with Gasteiger partial charge in [-0.25, -0.2) is 15.0 Å². The largest absolute Gasteiger partial charge is 0.250 e. The zero-order chi connectivity index (χ0) is 34.7. The fraction of sp³-hybridized carbons (Fsp3) is 0.122. The van der Waals surface area contributed by atoms with E-state index in [2.05, 4.69) is 164 Å². The second-order valence-corrected chi connectivity index (χ2v) is 13.7. The number of nitrogens with zero attached hydrogens (tertiary/aromatic N) is 3. The van der Waals surface area contributed by atoms with Gasteiger partial charge < -0.3 is 0 Å². The molecule has 0 aliphatic heterocycles. The molecule has 7 aromatic rings. The second kappa shape index (κ2) is 14.2. The summed E-state index contributed by atoms with van der Waals surface area (Å²) in [5.41, 5.74) is 18.0. The van der Waals surface area contributed by atoms with Crippen molar-refractivity contribution >= 4 is 22.8 Å². The van der Waals surface area contributed by atoms with Gasteiger partial charge in [0.25, 0.3) is 0 Å². The molecule has 0 atom stereocenters. The first-order valence-electron chi connectivity index (χ1n) is 18.5. The van der Waals surface area contributed by atoms with Crippen LogP contribution in [0.3, 0.4) is 0 Å². The Labute approximate surface area is 306 Å². The van der Waals surface area contributed by atoms with Crippen LogP contribution in [0, 0.1) is 0 Å². The smallest absolute Gasteiger partial charge is 0.0884 e. The molecular formula is C49H39N3. The first-order valence-corrected chi connectivity index (χ1v) is 18.5. The summed E-state index contributed by atoms with van der Waals surface area (Å²) in [5.74, 6) is 0. The molecule has 0 fully saturated rings. The minimum absolute atomic E-state index is 0.887. The molecule has 0 bridgehead atoms. The third-order valence-electron chi connectivity index (χ3n) is 10.4. The van der Waals surface area contributed by atoms with Crippen LogP contribution in [0.1, 0.15) is 48.2 Å². The van der Waals surface area contributed by atoms with Crippen molar-refractivity contribution in [3.8, 4) is 44.5 Å². The molecule has 0 spiro atoms. The average Bonchev–Trinajstić information content (AvgIpc) is 3.22. The highest BCUT2D eigenvalue weighted by atomic mass is 14.9. The molecule has 2 aliphatic rings. The van der Waals surface area contributed by atoms with Crippen LogP contribution in [0.4, 0.5) is 11.4 Å². The van der Waals surface area contributed by atoms with Crippen LogP contribution in [0.2, 0.25) is 0 Å². The number of rotatable bonds is 6. The minimum atomic E-state index is 0.887. The number of para-hydroxylation sites is 2. The summed E-state index contributed by atoms with van der Waals surface area (Å²) in [4.78, 5) is 16.7. The van der Waals surface area contributed by atoms with E-state index in [4.69, 9.17) is 15.0 Å². The SMILES string of the molecule is c1ccc(-c2cccc(-c3ccccc3)c2/N=C2/CCCc3cc4c(nc32)/C(=N/c2c(-c3ccccc3)cccc2-c2ccccc2)CCC4)cc1. The van der Waals surface area contributed by atoms with Crippen molar-refractivity contribution in [1.29, 1.82) is 0 Å². The van der Waals surface area contributed by atoms with Crippen LogP contribution in [-0.2, 0) is 12.8 Å². The second-order valence-electron chi connectivity index (χ2n) is 13.7. The molecule has 1 heterocycles. The summed E-state index contributed by atoms with van der Waals surface area (Å²) in [7, 11) is 0. The summed E-state index contributed by atoms with van der Waals surface area (Å²) in [5, 5.41) is 0. The first-order chi connectivity index (χ1) is 25.8. The van der Waals surface area contributed by atoms with Crippen LogP contribution >= 0.6 is 0 Å². The minimum Gasteiger partial charge on any atom is -0.250 e. The molecule has 2 aliphatic carbocycles. The Morgan fingerprint density at radius 3 is 1.00 bits per heavy atom. The van der Waals surface area contributed by atoms with Crippen molar-refractivity contribution in [1.82, 2.24) is 4.98 Å². The molecule has 0 amide bonds. The normalized spacial score (nSPS) is 15.3. The van der Waals surface area contributed by atoms with Crippen LogP contribution in [0.5, 0.6) is 0 Å². The molecule has 0 unspecified atom stereocenters. The van der Waals surface area contributed by atoms with Gasteiger partial charge in [0, 0.05) is 22.3 Å². The van der Waals surface area contributed by atoms with E-state index in [0.29, 0.717) is 0 Å². The van der Waals surface area contributed by atoms with Crippen molar-refractivity contribution < 1.29 is 0 Å². The van der Waals surface area contributed by atoms with Crippen molar-refractivity contribution in [3.05, 3.63) is 186 Å². The van der Waals surface area contributed by atoms with Gasteiger partial charge in [-0.05, 0) is 71.9 Å². The molecule has 3 heteroatoms. The van der Waals surface area contributed by atoms with Gasteiger partial charge in [0.2, 0.25) is 0 Å². The van der Waals surface area contributed by atoms with Crippen LogP contribution in [-0.4, -0.2) is 16.4 Å². The number of aromatic nitrogens is 1. The van der Waals surface area contributed by atoms with E-state index in [1.807, 2.05) is 0 Å². The van der Waals surface area contributed by atoms with Gasteiger partial charge in [0.1, 0.15) is 0 Å². The first kappa shape index (κ1) is 31.8. The van der Waals surface area contributed by atoms with Gasteiger partial charge in [0.15, 0.2) is 0 Å². The molecule has 9 rings (SSSR count). The Morgan fingerprint density at radius 2 is 0.673 bits per heavy atom. The maximum Gasteiger partial charge on any atom is 0.0884 e. The molecule has 1 aromatic heterocycles. The molecule has 0 N–H and O–H groups in total.